The first kappa shape index (κ1) is 20.9. The van der Waals surface area contributed by atoms with Crippen molar-refractivity contribution < 1.29 is 13.2 Å². The molecule has 1 unspecified atom stereocenters. The number of benzene rings is 1. The molecule has 2 aromatic rings. The van der Waals surface area contributed by atoms with E-state index in [2.05, 4.69) is 15.6 Å². The molecular formula is C19H26N4O3S. The van der Waals surface area contributed by atoms with E-state index in [1.165, 1.54) is 4.31 Å². The highest BCUT2D eigenvalue weighted by atomic mass is 32.2. The maximum absolute atomic E-state index is 12.5. The van der Waals surface area contributed by atoms with E-state index in [-0.39, 0.29) is 17.0 Å². The van der Waals surface area contributed by atoms with E-state index in [9.17, 15) is 13.2 Å². The van der Waals surface area contributed by atoms with Gasteiger partial charge in [0.1, 0.15) is 0 Å². The van der Waals surface area contributed by atoms with Crippen LogP contribution in [-0.2, 0) is 16.6 Å². The average molecular weight is 391 g/mol. The van der Waals surface area contributed by atoms with Gasteiger partial charge in [0.2, 0.25) is 10.0 Å². The van der Waals surface area contributed by atoms with Crippen molar-refractivity contribution in [2.45, 2.75) is 38.3 Å². The van der Waals surface area contributed by atoms with Crippen molar-refractivity contribution in [3.8, 4) is 0 Å². The molecule has 0 aliphatic rings. The Hall–Kier alpha value is -2.45. The molecule has 1 atom stereocenters. The topological polar surface area (TPSA) is 91.4 Å². The van der Waals surface area contributed by atoms with Crippen molar-refractivity contribution in [1.82, 2.24) is 19.9 Å². The first-order valence-corrected chi connectivity index (χ1v) is 10.4. The minimum absolute atomic E-state index is 0.253. The Bertz CT molecular complexity index is 835. The van der Waals surface area contributed by atoms with Gasteiger partial charge in [-0.3, -0.25) is 4.98 Å². The Labute approximate surface area is 160 Å². The Balaban J connectivity index is 1.97. The van der Waals surface area contributed by atoms with Gasteiger partial charge in [0, 0.05) is 32.0 Å². The minimum atomic E-state index is -3.48. The molecule has 7 nitrogen and oxygen atoms in total. The summed E-state index contributed by atoms with van der Waals surface area (Å²) < 4.78 is 26.4. The number of hydrogen-bond donors (Lipinski definition) is 2. The van der Waals surface area contributed by atoms with Crippen LogP contribution >= 0.6 is 0 Å². The third-order valence-corrected chi connectivity index (χ3v) is 6.31. The first-order valence-electron chi connectivity index (χ1n) is 8.91. The average Bonchev–Trinajstić information content (AvgIpc) is 2.68. The number of aromatic nitrogens is 1. The molecule has 0 spiro atoms. The summed E-state index contributed by atoms with van der Waals surface area (Å²) in [5.41, 5.74) is 1.73. The van der Waals surface area contributed by atoms with Crippen LogP contribution in [0.4, 0.5) is 4.79 Å². The number of sulfonamides is 1. The molecule has 0 aliphatic carbocycles. The van der Waals surface area contributed by atoms with Crippen molar-refractivity contribution >= 4 is 16.1 Å². The number of nitrogens with one attached hydrogen (secondary N) is 2. The normalized spacial score (nSPS) is 12.6. The van der Waals surface area contributed by atoms with Crippen LogP contribution in [0.5, 0.6) is 0 Å². The van der Waals surface area contributed by atoms with E-state index < -0.39 is 10.0 Å². The van der Waals surface area contributed by atoms with E-state index in [1.807, 2.05) is 32.9 Å². The molecule has 2 amide bonds. The summed E-state index contributed by atoms with van der Waals surface area (Å²) in [5, 5.41) is 5.61. The van der Waals surface area contributed by atoms with Gasteiger partial charge in [-0.25, -0.2) is 13.2 Å². The Kier molecular flexibility index (Phi) is 7.32. The Morgan fingerprint density at radius 3 is 2.37 bits per heavy atom. The largest absolute Gasteiger partial charge is 0.334 e. The zero-order valence-electron chi connectivity index (χ0n) is 15.8. The summed E-state index contributed by atoms with van der Waals surface area (Å²) in [5.74, 6) is 0. The fraction of sp³-hybridized carbons (Fsp3) is 0.368. The molecule has 2 rings (SSSR count). The number of rotatable bonds is 8. The number of nitrogens with zero attached hydrogens (tertiary/aromatic N) is 2. The van der Waals surface area contributed by atoms with Gasteiger partial charge in [-0.15, -0.1) is 0 Å². The van der Waals surface area contributed by atoms with E-state index in [1.54, 1.807) is 36.7 Å². The zero-order chi connectivity index (χ0) is 19.9. The summed E-state index contributed by atoms with van der Waals surface area (Å²) >= 11 is 0. The number of hydrogen-bond acceptors (Lipinski definition) is 4. The van der Waals surface area contributed by atoms with Crippen LogP contribution in [0.25, 0.3) is 0 Å². The molecule has 0 bridgehead atoms. The molecule has 1 aromatic heterocycles. The predicted molar refractivity (Wildman–Crippen MR) is 105 cm³/mol. The maximum atomic E-state index is 12.5. The van der Waals surface area contributed by atoms with E-state index >= 15 is 0 Å². The van der Waals surface area contributed by atoms with Crippen molar-refractivity contribution in [2.75, 3.05) is 13.1 Å². The molecule has 0 aliphatic heterocycles. The second-order valence-electron chi connectivity index (χ2n) is 6.07. The second kappa shape index (κ2) is 9.48. The SMILES string of the molecule is CCN(CC)S(=O)(=O)c1ccc(C(C)NC(=O)NCc2cccnc2)cc1. The lowest BCUT2D eigenvalue weighted by Crippen LogP contribution is -2.36. The van der Waals surface area contributed by atoms with Crippen LogP contribution in [0.3, 0.4) is 0 Å². The fourth-order valence-corrected chi connectivity index (χ4v) is 4.12. The Morgan fingerprint density at radius 2 is 1.81 bits per heavy atom. The van der Waals surface area contributed by atoms with Gasteiger partial charge in [-0.1, -0.05) is 32.0 Å². The lowest BCUT2D eigenvalue weighted by atomic mass is 10.1. The number of pyridine rings is 1. The van der Waals surface area contributed by atoms with Gasteiger partial charge >= 0.3 is 6.03 Å². The second-order valence-corrected chi connectivity index (χ2v) is 8.01. The summed E-state index contributed by atoms with van der Waals surface area (Å²) in [7, 11) is -3.48. The highest BCUT2D eigenvalue weighted by Crippen LogP contribution is 2.19. The van der Waals surface area contributed by atoms with Crippen LogP contribution < -0.4 is 10.6 Å². The number of carbonyl (C=O) groups excluding carboxylic acids is 1. The van der Waals surface area contributed by atoms with Gasteiger partial charge < -0.3 is 10.6 Å². The van der Waals surface area contributed by atoms with Crippen molar-refractivity contribution in [3.63, 3.8) is 0 Å². The summed E-state index contributed by atoms with van der Waals surface area (Å²) in [6.45, 7) is 6.70. The smallest absolute Gasteiger partial charge is 0.315 e. The molecule has 146 valence electrons. The molecule has 1 heterocycles. The standard InChI is InChI=1S/C19H26N4O3S/c1-4-23(5-2)27(25,26)18-10-8-17(9-11-18)15(3)22-19(24)21-14-16-7-6-12-20-13-16/h6-13,15H,4-5,14H2,1-3H3,(H2,21,22,24). The predicted octanol–water partition coefficient (Wildman–Crippen LogP) is 2.67. The summed E-state index contributed by atoms with van der Waals surface area (Å²) in [6, 6.07) is 9.74. The lowest BCUT2D eigenvalue weighted by Gasteiger charge is -2.19. The summed E-state index contributed by atoms with van der Waals surface area (Å²) in [6.07, 6.45) is 3.37. The molecule has 0 fully saturated rings. The molecule has 8 heteroatoms. The van der Waals surface area contributed by atoms with Crippen LogP contribution in [0, 0.1) is 0 Å². The Morgan fingerprint density at radius 1 is 1.15 bits per heavy atom. The molecule has 0 radical (unpaired) electrons. The fourth-order valence-electron chi connectivity index (χ4n) is 2.66. The number of carbonyl (C=O) groups is 1. The molecule has 2 N–H and O–H groups in total. The highest BCUT2D eigenvalue weighted by Gasteiger charge is 2.21. The monoisotopic (exact) mass is 390 g/mol. The highest BCUT2D eigenvalue weighted by molar-refractivity contribution is 7.89. The van der Waals surface area contributed by atoms with Crippen molar-refractivity contribution in [3.05, 3.63) is 59.9 Å². The molecule has 1 aromatic carbocycles. The van der Waals surface area contributed by atoms with Crippen molar-refractivity contribution in [1.29, 1.82) is 0 Å². The third-order valence-electron chi connectivity index (χ3n) is 4.25. The number of urea groups is 1. The lowest BCUT2D eigenvalue weighted by molar-refractivity contribution is 0.237. The van der Waals surface area contributed by atoms with Gasteiger partial charge in [0.15, 0.2) is 0 Å². The van der Waals surface area contributed by atoms with E-state index in [0.717, 1.165) is 11.1 Å². The van der Waals surface area contributed by atoms with Gasteiger partial charge in [0.25, 0.3) is 0 Å². The van der Waals surface area contributed by atoms with Crippen LogP contribution in [0.1, 0.15) is 37.9 Å². The molecule has 0 saturated carbocycles. The molecule has 27 heavy (non-hydrogen) atoms. The third kappa shape index (κ3) is 5.51. The van der Waals surface area contributed by atoms with Gasteiger partial charge in [-0.05, 0) is 36.2 Å². The van der Waals surface area contributed by atoms with E-state index in [4.69, 9.17) is 0 Å². The number of amides is 2. The van der Waals surface area contributed by atoms with Crippen LogP contribution in [-0.4, -0.2) is 36.8 Å². The van der Waals surface area contributed by atoms with Crippen LogP contribution in [0.2, 0.25) is 0 Å². The quantitative estimate of drug-likeness (QED) is 0.725. The van der Waals surface area contributed by atoms with Gasteiger partial charge in [0.05, 0.1) is 10.9 Å². The first-order chi connectivity index (χ1) is 12.9. The van der Waals surface area contributed by atoms with E-state index in [0.29, 0.717) is 19.6 Å². The minimum Gasteiger partial charge on any atom is -0.334 e. The zero-order valence-corrected chi connectivity index (χ0v) is 16.7. The van der Waals surface area contributed by atoms with Gasteiger partial charge in [-0.2, -0.15) is 4.31 Å². The molecular weight excluding hydrogens is 364 g/mol. The maximum Gasteiger partial charge on any atom is 0.315 e. The van der Waals surface area contributed by atoms with Crippen molar-refractivity contribution in [2.24, 2.45) is 0 Å². The summed E-state index contributed by atoms with van der Waals surface area (Å²) in [4.78, 5) is 16.3. The van der Waals surface area contributed by atoms with Crippen LogP contribution in [0.15, 0.2) is 53.7 Å². The molecule has 0 saturated heterocycles.